The maximum Gasteiger partial charge on any atom is 0.339 e. The Bertz CT molecular complexity index is 1200. The lowest BCUT2D eigenvalue weighted by molar-refractivity contribution is -0.123. The number of para-hydroxylation sites is 2. The highest BCUT2D eigenvalue weighted by atomic mass is 16.5. The molecular weight excluding hydrogens is 414 g/mol. The summed E-state index contributed by atoms with van der Waals surface area (Å²) in [5.74, 6) is -0.837. The number of fused-ring (bicyclic) bond motifs is 2. The minimum absolute atomic E-state index is 0.350. The summed E-state index contributed by atoms with van der Waals surface area (Å²) >= 11 is 0. The molecule has 0 radical (unpaired) electrons. The van der Waals surface area contributed by atoms with Crippen molar-refractivity contribution in [2.45, 2.75) is 59.7 Å². The maximum atomic E-state index is 13.5. The standard InChI is InChI=1S/C27H31N3O3/c1-16(2)30-14-13-23-21(15-30)24(20-11-6-7-12-22(20)28-23)27(32)33-19(5)26(31)29-25-17(3)9-8-10-18(25)4/h6-12,16,19H,13-15H2,1-5H3,(H,29,31). The van der Waals surface area contributed by atoms with Crippen LogP contribution in [0.2, 0.25) is 0 Å². The average Bonchev–Trinajstić information content (AvgIpc) is 2.79. The Labute approximate surface area is 195 Å². The molecule has 6 nitrogen and oxygen atoms in total. The molecule has 0 saturated carbocycles. The summed E-state index contributed by atoms with van der Waals surface area (Å²) in [4.78, 5) is 33.5. The summed E-state index contributed by atoms with van der Waals surface area (Å²) in [6, 6.07) is 13.8. The highest BCUT2D eigenvalue weighted by molar-refractivity contribution is 6.06. The lowest BCUT2D eigenvalue weighted by Gasteiger charge is -2.32. The molecule has 3 aromatic rings. The van der Waals surface area contributed by atoms with E-state index in [0.29, 0.717) is 18.2 Å². The first-order valence-electron chi connectivity index (χ1n) is 11.5. The van der Waals surface area contributed by atoms with Crippen molar-refractivity contribution in [3.63, 3.8) is 0 Å². The minimum atomic E-state index is -0.941. The fraction of sp³-hybridized carbons (Fsp3) is 0.370. The fourth-order valence-corrected chi connectivity index (χ4v) is 4.39. The van der Waals surface area contributed by atoms with Crippen LogP contribution >= 0.6 is 0 Å². The molecule has 33 heavy (non-hydrogen) atoms. The van der Waals surface area contributed by atoms with Gasteiger partial charge >= 0.3 is 5.97 Å². The van der Waals surface area contributed by atoms with E-state index >= 15 is 0 Å². The lowest BCUT2D eigenvalue weighted by atomic mass is 9.95. The number of rotatable bonds is 5. The molecule has 1 atom stereocenters. The lowest BCUT2D eigenvalue weighted by Crippen LogP contribution is -2.38. The summed E-state index contributed by atoms with van der Waals surface area (Å²) in [6.45, 7) is 11.3. The molecule has 4 rings (SSSR count). The van der Waals surface area contributed by atoms with Gasteiger partial charge in [0.25, 0.3) is 5.91 Å². The number of aromatic nitrogens is 1. The van der Waals surface area contributed by atoms with Crippen molar-refractivity contribution >= 4 is 28.5 Å². The second kappa shape index (κ2) is 9.32. The largest absolute Gasteiger partial charge is 0.449 e. The first-order chi connectivity index (χ1) is 15.8. The van der Waals surface area contributed by atoms with Crippen LogP contribution in [-0.4, -0.2) is 40.5 Å². The van der Waals surface area contributed by atoms with Gasteiger partial charge in [0.2, 0.25) is 0 Å². The molecule has 1 N–H and O–H groups in total. The Kier molecular flexibility index (Phi) is 6.47. The monoisotopic (exact) mass is 445 g/mol. The minimum Gasteiger partial charge on any atom is -0.449 e. The normalized spacial score (nSPS) is 14.7. The quantitative estimate of drug-likeness (QED) is 0.571. The number of hydrogen-bond acceptors (Lipinski definition) is 5. The molecule has 0 bridgehead atoms. The predicted octanol–water partition coefficient (Wildman–Crippen LogP) is 4.80. The summed E-state index contributed by atoms with van der Waals surface area (Å²) < 4.78 is 5.72. The average molecular weight is 446 g/mol. The van der Waals surface area contributed by atoms with E-state index in [4.69, 9.17) is 9.72 Å². The van der Waals surface area contributed by atoms with Crippen LogP contribution in [0, 0.1) is 13.8 Å². The smallest absolute Gasteiger partial charge is 0.339 e. The number of carbonyl (C=O) groups is 2. The highest BCUT2D eigenvalue weighted by Crippen LogP contribution is 2.30. The molecule has 2 heterocycles. The van der Waals surface area contributed by atoms with Gasteiger partial charge < -0.3 is 10.1 Å². The molecule has 6 heteroatoms. The van der Waals surface area contributed by atoms with E-state index in [2.05, 4.69) is 24.1 Å². The number of nitrogens with zero attached hydrogens (tertiary/aromatic N) is 2. The molecule has 0 spiro atoms. The van der Waals surface area contributed by atoms with Gasteiger partial charge in [-0.25, -0.2) is 4.79 Å². The van der Waals surface area contributed by atoms with Crippen LogP contribution in [0.4, 0.5) is 5.69 Å². The zero-order chi connectivity index (χ0) is 23.7. The third kappa shape index (κ3) is 4.62. The van der Waals surface area contributed by atoms with Crippen LogP contribution in [0.1, 0.15) is 53.5 Å². The third-order valence-corrected chi connectivity index (χ3v) is 6.39. The van der Waals surface area contributed by atoms with Crippen molar-refractivity contribution in [3.8, 4) is 0 Å². The van der Waals surface area contributed by atoms with Gasteiger partial charge in [-0.15, -0.1) is 0 Å². The summed E-state index contributed by atoms with van der Waals surface area (Å²) in [5, 5.41) is 3.68. The van der Waals surface area contributed by atoms with Crippen molar-refractivity contribution < 1.29 is 14.3 Å². The van der Waals surface area contributed by atoms with Gasteiger partial charge in [0.05, 0.1) is 11.1 Å². The fourth-order valence-electron chi connectivity index (χ4n) is 4.39. The molecule has 1 aliphatic heterocycles. The van der Waals surface area contributed by atoms with Crippen molar-refractivity contribution in [1.29, 1.82) is 0 Å². The second-order valence-electron chi connectivity index (χ2n) is 9.05. The first-order valence-corrected chi connectivity index (χ1v) is 11.5. The van der Waals surface area contributed by atoms with Crippen molar-refractivity contribution in [1.82, 2.24) is 9.88 Å². The van der Waals surface area contributed by atoms with Crippen LogP contribution in [0.15, 0.2) is 42.5 Å². The number of aryl methyl sites for hydroxylation is 2. The van der Waals surface area contributed by atoms with Crippen molar-refractivity contribution in [2.24, 2.45) is 0 Å². The molecule has 2 aromatic carbocycles. The topological polar surface area (TPSA) is 71.5 Å². The highest BCUT2D eigenvalue weighted by Gasteiger charge is 2.29. The molecule has 0 fully saturated rings. The number of pyridine rings is 1. The van der Waals surface area contributed by atoms with Crippen LogP contribution < -0.4 is 5.32 Å². The zero-order valence-electron chi connectivity index (χ0n) is 19.9. The van der Waals surface area contributed by atoms with E-state index in [1.54, 1.807) is 6.92 Å². The van der Waals surface area contributed by atoms with Gasteiger partial charge in [0.15, 0.2) is 6.10 Å². The predicted molar refractivity (Wildman–Crippen MR) is 130 cm³/mol. The van der Waals surface area contributed by atoms with Crippen molar-refractivity contribution in [2.75, 3.05) is 11.9 Å². The summed E-state index contributed by atoms with van der Waals surface area (Å²) in [7, 11) is 0. The molecule has 1 aliphatic rings. The molecule has 0 saturated heterocycles. The number of benzene rings is 2. The Morgan fingerprint density at radius 1 is 1.03 bits per heavy atom. The number of ether oxygens (including phenoxy) is 1. The van der Waals surface area contributed by atoms with Gasteiger partial charge in [-0.3, -0.25) is 14.7 Å². The molecule has 1 aromatic heterocycles. The van der Waals surface area contributed by atoms with Gasteiger partial charge in [-0.1, -0.05) is 36.4 Å². The number of esters is 1. The molecule has 1 amide bonds. The number of carbonyl (C=O) groups excluding carboxylic acids is 2. The summed E-state index contributed by atoms with van der Waals surface area (Å²) in [5.41, 5.74) is 5.81. The molecule has 172 valence electrons. The Balaban J connectivity index is 1.64. The van der Waals surface area contributed by atoms with E-state index in [1.807, 2.05) is 56.3 Å². The SMILES string of the molecule is Cc1cccc(C)c1NC(=O)C(C)OC(=O)c1c2c(nc3ccccc13)CCN(C(C)C)C2. The van der Waals surface area contributed by atoms with Crippen LogP contribution in [0.5, 0.6) is 0 Å². The van der Waals surface area contributed by atoms with E-state index in [-0.39, 0.29) is 5.91 Å². The molecule has 0 aliphatic carbocycles. The number of nitrogens with one attached hydrogen (secondary N) is 1. The van der Waals surface area contributed by atoms with Crippen LogP contribution in [0.25, 0.3) is 10.9 Å². The third-order valence-electron chi connectivity index (χ3n) is 6.39. The van der Waals surface area contributed by atoms with E-state index in [9.17, 15) is 9.59 Å². The van der Waals surface area contributed by atoms with Crippen LogP contribution in [0.3, 0.4) is 0 Å². The first kappa shape index (κ1) is 22.9. The Morgan fingerprint density at radius 3 is 2.42 bits per heavy atom. The van der Waals surface area contributed by atoms with Gasteiger partial charge in [0.1, 0.15) is 0 Å². The van der Waals surface area contributed by atoms with Gasteiger partial charge in [0, 0.05) is 47.9 Å². The van der Waals surface area contributed by atoms with E-state index in [1.165, 1.54) is 0 Å². The van der Waals surface area contributed by atoms with Gasteiger partial charge in [-0.05, 0) is 51.8 Å². The Hall–Kier alpha value is -3.25. The van der Waals surface area contributed by atoms with Crippen LogP contribution in [-0.2, 0) is 22.5 Å². The van der Waals surface area contributed by atoms with E-state index in [0.717, 1.165) is 51.9 Å². The molecule has 1 unspecified atom stereocenters. The van der Waals surface area contributed by atoms with Crippen molar-refractivity contribution in [3.05, 3.63) is 70.4 Å². The maximum absolute atomic E-state index is 13.5. The number of hydrogen-bond donors (Lipinski definition) is 1. The van der Waals surface area contributed by atoms with Gasteiger partial charge in [-0.2, -0.15) is 0 Å². The summed E-state index contributed by atoms with van der Waals surface area (Å²) in [6.07, 6.45) is -0.162. The number of amides is 1. The second-order valence-corrected chi connectivity index (χ2v) is 9.05. The number of anilines is 1. The zero-order valence-corrected chi connectivity index (χ0v) is 19.9. The van der Waals surface area contributed by atoms with E-state index < -0.39 is 12.1 Å². The molecular formula is C27H31N3O3. The Morgan fingerprint density at radius 2 is 1.73 bits per heavy atom.